The average molecular weight is 194 g/mol. The Labute approximate surface area is 82.9 Å². The van der Waals surface area contributed by atoms with Crippen LogP contribution in [0.4, 0.5) is 11.8 Å². The van der Waals surface area contributed by atoms with E-state index in [1.165, 1.54) is 0 Å². The molecule has 2 rings (SSSR count). The van der Waals surface area contributed by atoms with E-state index < -0.39 is 0 Å². The first-order chi connectivity index (χ1) is 6.72. The van der Waals surface area contributed by atoms with Crippen molar-refractivity contribution in [3.8, 4) is 5.88 Å². The summed E-state index contributed by atoms with van der Waals surface area (Å²) in [5.74, 6) is 1.82. The summed E-state index contributed by atoms with van der Waals surface area (Å²) in [6.07, 6.45) is 0.870. The van der Waals surface area contributed by atoms with E-state index in [1.807, 2.05) is 11.9 Å². The maximum Gasteiger partial charge on any atom is 0.225 e. The molecule has 0 bridgehead atoms. The monoisotopic (exact) mass is 194 g/mol. The zero-order valence-electron chi connectivity index (χ0n) is 8.45. The van der Waals surface area contributed by atoms with E-state index in [2.05, 4.69) is 16.9 Å². The zero-order chi connectivity index (χ0) is 10.1. The largest absolute Gasteiger partial charge is 0.477 e. The third-order valence-electron chi connectivity index (χ3n) is 2.39. The van der Waals surface area contributed by atoms with Crippen LogP contribution in [-0.4, -0.2) is 30.2 Å². The van der Waals surface area contributed by atoms with Gasteiger partial charge in [0, 0.05) is 20.0 Å². The molecule has 2 heterocycles. The van der Waals surface area contributed by atoms with Crippen LogP contribution in [0.1, 0.15) is 12.5 Å². The lowest BCUT2D eigenvalue weighted by Gasteiger charge is -2.17. The predicted octanol–water partition coefficient (Wildman–Crippen LogP) is 0.450. The highest BCUT2D eigenvalue weighted by Gasteiger charge is 2.21. The summed E-state index contributed by atoms with van der Waals surface area (Å²) in [5.41, 5.74) is 6.67. The summed E-state index contributed by atoms with van der Waals surface area (Å²) in [6, 6.07) is 0. The molecule has 1 aromatic rings. The van der Waals surface area contributed by atoms with Gasteiger partial charge >= 0.3 is 0 Å². The van der Waals surface area contributed by atoms with Gasteiger partial charge in [0.2, 0.25) is 11.8 Å². The molecule has 0 spiro atoms. The first kappa shape index (κ1) is 9.05. The molecule has 1 aliphatic heterocycles. The number of nitrogen functional groups attached to an aromatic ring is 1. The Bertz CT molecular complexity index is 353. The molecule has 0 unspecified atom stereocenters. The van der Waals surface area contributed by atoms with Crippen molar-refractivity contribution < 1.29 is 4.74 Å². The molecule has 1 aliphatic rings. The molecule has 2 N–H and O–H groups in total. The van der Waals surface area contributed by atoms with Gasteiger partial charge in [-0.2, -0.15) is 9.97 Å². The molecule has 76 valence electrons. The summed E-state index contributed by atoms with van der Waals surface area (Å²) in [5, 5.41) is 0. The van der Waals surface area contributed by atoms with Crippen LogP contribution >= 0.6 is 0 Å². The summed E-state index contributed by atoms with van der Waals surface area (Å²) < 4.78 is 5.36. The second-order valence-corrected chi connectivity index (χ2v) is 3.30. The van der Waals surface area contributed by atoms with Crippen LogP contribution in [-0.2, 0) is 6.42 Å². The topological polar surface area (TPSA) is 64.3 Å². The molecule has 0 amide bonds. The van der Waals surface area contributed by atoms with Crippen molar-refractivity contribution in [1.82, 2.24) is 9.97 Å². The zero-order valence-corrected chi connectivity index (χ0v) is 8.45. The van der Waals surface area contributed by atoms with Gasteiger partial charge in [0.05, 0.1) is 12.2 Å². The molecule has 1 aromatic heterocycles. The Hall–Kier alpha value is -1.52. The number of nitrogens with two attached hydrogens (primary N) is 1. The number of fused-ring (bicyclic) bond motifs is 1. The smallest absolute Gasteiger partial charge is 0.225 e. The Balaban J connectivity index is 2.48. The average Bonchev–Trinajstić information content (AvgIpc) is 2.62. The fraction of sp³-hybridized carbons (Fsp3) is 0.556. The Morgan fingerprint density at radius 2 is 2.29 bits per heavy atom. The van der Waals surface area contributed by atoms with Crippen molar-refractivity contribution in [2.75, 3.05) is 30.8 Å². The molecule has 14 heavy (non-hydrogen) atoms. The third kappa shape index (κ3) is 1.34. The third-order valence-corrected chi connectivity index (χ3v) is 2.39. The molecule has 0 aliphatic carbocycles. The number of nitrogens with zero attached hydrogens (tertiary/aromatic N) is 3. The summed E-state index contributed by atoms with van der Waals surface area (Å²) in [4.78, 5) is 10.3. The summed E-state index contributed by atoms with van der Waals surface area (Å²) >= 11 is 0. The minimum atomic E-state index is 0.279. The van der Waals surface area contributed by atoms with E-state index in [9.17, 15) is 0 Å². The fourth-order valence-electron chi connectivity index (χ4n) is 1.52. The van der Waals surface area contributed by atoms with Gasteiger partial charge in [-0.05, 0) is 6.92 Å². The van der Waals surface area contributed by atoms with Gasteiger partial charge in [0.25, 0.3) is 0 Å². The Morgan fingerprint density at radius 1 is 1.50 bits per heavy atom. The van der Waals surface area contributed by atoms with Gasteiger partial charge in [0.1, 0.15) is 5.82 Å². The maximum absolute atomic E-state index is 5.60. The molecule has 0 saturated carbocycles. The minimum absolute atomic E-state index is 0.279. The van der Waals surface area contributed by atoms with Crippen molar-refractivity contribution in [2.24, 2.45) is 0 Å². The van der Waals surface area contributed by atoms with Crippen molar-refractivity contribution in [3.63, 3.8) is 0 Å². The molecular weight excluding hydrogens is 180 g/mol. The highest BCUT2D eigenvalue weighted by atomic mass is 16.5. The predicted molar refractivity (Wildman–Crippen MR) is 54.6 cm³/mol. The van der Waals surface area contributed by atoms with E-state index >= 15 is 0 Å². The highest BCUT2D eigenvalue weighted by molar-refractivity contribution is 5.55. The quantitative estimate of drug-likeness (QED) is 0.740. The van der Waals surface area contributed by atoms with Crippen molar-refractivity contribution in [1.29, 1.82) is 0 Å². The van der Waals surface area contributed by atoms with E-state index in [1.54, 1.807) is 0 Å². The Morgan fingerprint density at radius 3 is 3.00 bits per heavy atom. The Kier molecular flexibility index (Phi) is 2.15. The van der Waals surface area contributed by atoms with Gasteiger partial charge in [-0.1, -0.05) is 0 Å². The minimum Gasteiger partial charge on any atom is -0.477 e. The lowest BCUT2D eigenvalue weighted by molar-refractivity contribution is 0.345. The number of aromatic nitrogens is 2. The van der Waals surface area contributed by atoms with Gasteiger partial charge in [0.15, 0.2) is 0 Å². The van der Waals surface area contributed by atoms with Crippen LogP contribution in [0.3, 0.4) is 0 Å². The molecule has 0 radical (unpaired) electrons. The van der Waals surface area contributed by atoms with Gasteiger partial charge < -0.3 is 15.4 Å². The molecule has 5 heteroatoms. The van der Waals surface area contributed by atoms with Crippen LogP contribution in [0.15, 0.2) is 0 Å². The highest BCUT2D eigenvalue weighted by Crippen LogP contribution is 2.30. The number of hydrogen-bond donors (Lipinski definition) is 1. The summed E-state index contributed by atoms with van der Waals surface area (Å²) in [6.45, 7) is 3.64. The van der Waals surface area contributed by atoms with E-state index in [0.717, 1.165) is 24.3 Å². The number of rotatable bonds is 2. The fourth-order valence-corrected chi connectivity index (χ4v) is 1.52. The van der Waals surface area contributed by atoms with Crippen LogP contribution in [0.5, 0.6) is 5.88 Å². The lowest BCUT2D eigenvalue weighted by atomic mass is 10.2. The normalized spacial score (nSPS) is 13.6. The molecular formula is C9H14N4O. The molecule has 0 fully saturated rings. The SMILES string of the molecule is CCN(C)c1nc(N)nc2c1CCO2. The molecule has 0 atom stereocenters. The first-order valence-electron chi connectivity index (χ1n) is 4.72. The first-order valence-corrected chi connectivity index (χ1v) is 4.72. The van der Waals surface area contributed by atoms with E-state index in [0.29, 0.717) is 12.5 Å². The number of ether oxygens (including phenoxy) is 1. The van der Waals surface area contributed by atoms with Crippen molar-refractivity contribution in [3.05, 3.63) is 5.56 Å². The molecule has 0 aromatic carbocycles. The number of anilines is 2. The van der Waals surface area contributed by atoms with Gasteiger partial charge in [-0.15, -0.1) is 0 Å². The van der Waals surface area contributed by atoms with Crippen LogP contribution in [0, 0.1) is 0 Å². The molecule has 0 saturated heterocycles. The lowest BCUT2D eigenvalue weighted by Crippen LogP contribution is -2.19. The summed E-state index contributed by atoms with van der Waals surface area (Å²) in [7, 11) is 1.99. The maximum atomic E-state index is 5.60. The second kappa shape index (κ2) is 3.32. The van der Waals surface area contributed by atoms with Gasteiger partial charge in [-0.3, -0.25) is 0 Å². The van der Waals surface area contributed by atoms with Crippen LogP contribution in [0.2, 0.25) is 0 Å². The van der Waals surface area contributed by atoms with Crippen LogP contribution in [0.25, 0.3) is 0 Å². The van der Waals surface area contributed by atoms with Gasteiger partial charge in [-0.25, -0.2) is 0 Å². The number of hydrogen-bond acceptors (Lipinski definition) is 5. The van der Waals surface area contributed by atoms with Crippen molar-refractivity contribution >= 4 is 11.8 Å². The second-order valence-electron chi connectivity index (χ2n) is 3.30. The van der Waals surface area contributed by atoms with E-state index in [4.69, 9.17) is 10.5 Å². The standard InChI is InChI=1S/C9H14N4O/c1-3-13(2)7-6-4-5-14-8(6)12-9(10)11-7/h3-5H2,1-2H3,(H2,10,11,12). The van der Waals surface area contributed by atoms with Crippen molar-refractivity contribution in [2.45, 2.75) is 13.3 Å². The molecule has 5 nitrogen and oxygen atoms in total. The van der Waals surface area contributed by atoms with E-state index in [-0.39, 0.29) is 5.95 Å². The van der Waals surface area contributed by atoms with Crippen LogP contribution < -0.4 is 15.4 Å².